The molecule has 4 rings (SSSR count). The lowest BCUT2D eigenvalue weighted by molar-refractivity contribution is 0.0748. The van der Waals surface area contributed by atoms with E-state index in [9.17, 15) is 9.59 Å². The van der Waals surface area contributed by atoms with Gasteiger partial charge in [0.1, 0.15) is 5.82 Å². The summed E-state index contributed by atoms with van der Waals surface area (Å²) in [4.78, 5) is 34.0. The Morgan fingerprint density at radius 2 is 1.79 bits per heavy atom. The van der Waals surface area contributed by atoms with Crippen molar-refractivity contribution in [3.05, 3.63) is 71.9 Å². The quantitative estimate of drug-likeness (QED) is 0.537. The van der Waals surface area contributed by atoms with Crippen LogP contribution in [0.25, 0.3) is 10.8 Å². The fourth-order valence-electron chi connectivity index (χ4n) is 4.05. The van der Waals surface area contributed by atoms with Gasteiger partial charge >= 0.3 is 0 Å². The molecule has 0 atom stereocenters. The monoisotopic (exact) mass is 446 g/mol. The standard InChI is InChI=1S/C26H30N4O3/c1-2-33-18-6-13-27-25(31)21-11-12-24(28-19-21)29-14-16-30(17-15-29)26(32)23-10-5-8-20-7-3-4-9-22(20)23/h3-5,7-12,19H,2,6,13-18H2,1H3,(H,27,31). The van der Waals surface area contributed by atoms with Crippen LogP contribution in [0.4, 0.5) is 5.82 Å². The highest BCUT2D eigenvalue weighted by atomic mass is 16.5. The molecule has 0 bridgehead atoms. The van der Waals surface area contributed by atoms with E-state index in [1.807, 2.05) is 60.4 Å². The molecule has 33 heavy (non-hydrogen) atoms. The first kappa shape index (κ1) is 22.7. The number of amides is 2. The fraction of sp³-hybridized carbons (Fsp3) is 0.346. The molecule has 2 aromatic carbocycles. The molecule has 1 fully saturated rings. The summed E-state index contributed by atoms with van der Waals surface area (Å²) in [5.74, 6) is 0.756. The number of fused-ring (bicyclic) bond motifs is 1. The Morgan fingerprint density at radius 1 is 1.00 bits per heavy atom. The summed E-state index contributed by atoms with van der Waals surface area (Å²) in [6.07, 6.45) is 2.40. The Balaban J connectivity index is 1.31. The Bertz CT molecular complexity index is 1090. The van der Waals surface area contributed by atoms with Gasteiger partial charge in [-0.25, -0.2) is 4.98 Å². The highest BCUT2D eigenvalue weighted by Crippen LogP contribution is 2.21. The van der Waals surface area contributed by atoms with Crippen molar-refractivity contribution in [3.8, 4) is 0 Å². The van der Waals surface area contributed by atoms with E-state index in [-0.39, 0.29) is 11.8 Å². The average molecular weight is 447 g/mol. The number of piperazine rings is 1. The lowest BCUT2D eigenvalue weighted by Crippen LogP contribution is -2.49. The average Bonchev–Trinajstić information content (AvgIpc) is 2.88. The zero-order valence-corrected chi connectivity index (χ0v) is 19.0. The molecule has 1 saturated heterocycles. The molecule has 172 valence electrons. The molecule has 1 aliphatic rings. The van der Waals surface area contributed by atoms with Gasteiger partial charge in [-0.15, -0.1) is 0 Å². The number of nitrogens with zero attached hydrogens (tertiary/aromatic N) is 3. The number of ether oxygens (including phenoxy) is 1. The Kier molecular flexibility index (Phi) is 7.52. The van der Waals surface area contributed by atoms with E-state index in [4.69, 9.17) is 4.74 Å². The second-order valence-corrected chi connectivity index (χ2v) is 8.02. The molecule has 1 aliphatic heterocycles. The van der Waals surface area contributed by atoms with E-state index in [0.717, 1.165) is 28.6 Å². The number of pyridine rings is 1. The summed E-state index contributed by atoms with van der Waals surface area (Å²) < 4.78 is 5.28. The molecule has 2 heterocycles. The van der Waals surface area contributed by atoms with E-state index in [0.29, 0.717) is 51.5 Å². The molecule has 0 spiro atoms. The molecule has 0 unspecified atom stereocenters. The number of anilines is 1. The molecule has 2 amide bonds. The SMILES string of the molecule is CCOCCCNC(=O)c1ccc(N2CCN(C(=O)c3cccc4ccccc34)CC2)nc1. The van der Waals surface area contributed by atoms with Gasteiger partial charge < -0.3 is 19.9 Å². The van der Waals surface area contributed by atoms with E-state index >= 15 is 0 Å². The highest BCUT2D eigenvalue weighted by molar-refractivity contribution is 6.07. The van der Waals surface area contributed by atoms with Crippen LogP contribution in [0.2, 0.25) is 0 Å². The topological polar surface area (TPSA) is 74.8 Å². The van der Waals surface area contributed by atoms with Crippen molar-refractivity contribution in [2.24, 2.45) is 0 Å². The van der Waals surface area contributed by atoms with E-state index < -0.39 is 0 Å². The van der Waals surface area contributed by atoms with Crippen molar-refractivity contribution in [2.75, 3.05) is 50.8 Å². The van der Waals surface area contributed by atoms with Crippen molar-refractivity contribution in [1.29, 1.82) is 0 Å². The summed E-state index contributed by atoms with van der Waals surface area (Å²) in [7, 11) is 0. The van der Waals surface area contributed by atoms with E-state index in [1.54, 1.807) is 12.3 Å². The lowest BCUT2D eigenvalue weighted by Gasteiger charge is -2.35. The summed E-state index contributed by atoms with van der Waals surface area (Å²) >= 11 is 0. The van der Waals surface area contributed by atoms with Gasteiger partial charge in [-0.3, -0.25) is 9.59 Å². The largest absolute Gasteiger partial charge is 0.382 e. The molecule has 1 N–H and O–H groups in total. The van der Waals surface area contributed by atoms with Crippen LogP contribution in [0.15, 0.2) is 60.8 Å². The minimum atomic E-state index is -0.129. The van der Waals surface area contributed by atoms with Crippen LogP contribution in [-0.4, -0.2) is 67.6 Å². The summed E-state index contributed by atoms with van der Waals surface area (Å²) in [6.45, 7) is 6.52. The van der Waals surface area contributed by atoms with Gasteiger partial charge in [-0.2, -0.15) is 0 Å². The molecule has 0 radical (unpaired) electrons. The van der Waals surface area contributed by atoms with Gasteiger partial charge in [0.25, 0.3) is 11.8 Å². The number of rotatable bonds is 8. The predicted octanol–water partition coefficient (Wildman–Crippen LogP) is 3.35. The smallest absolute Gasteiger partial charge is 0.254 e. The maximum Gasteiger partial charge on any atom is 0.254 e. The van der Waals surface area contributed by atoms with Gasteiger partial charge in [0.2, 0.25) is 0 Å². The van der Waals surface area contributed by atoms with Crippen molar-refractivity contribution in [1.82, 2.24) is 15.2 Å². The number of benzene rings is 2. The van der Waals surface area contributed by atoms with Crippen LogP contribution >= 0.6 is 0 Å². The number of nitrogens with one attached hydrogen (secondary N) is 1. The summed E-state index contributed by atoms with van der Waals surface area (Å²) in [5, 5.41) is 4.95. The Labute approximate surface area is 194 Å². The molecule has 1 aromatic heterocycles. The molecule has 7 nitrogen and oxygen atoms in total. The van der Waals surface area contributed by atoms with Crippen LogP contribution < -0.4 is 10.2 Å². The number of carbonyl (C=O) groups is 2. The summed E-state index contributed by atoms with van der Waals surface area (Å²) in [5.41, 5.74) is 1.29. The third-order valence-electron chi connectivity index (χ3n) is 5.88. The summed E-state index contributed by atoms with van der Waals surface area (Å²) in [6, 6.07) is 17.5. The van der Waals surface area contributed by atoms with Gasteiger partial charge in [0.05, 0.1) is 5.56 Å². The first-order chi connectivity index (χ1) is 16.2. The molecular formula is C26H30N4O3. The second kappa shape index (κ2) is 10.9. The zero-order valence-electron chi connectivity index (χ0n) is 19.0. The first-order valence-electron chi connectivity index (χ1n) is 11.5. The lowest BCUT2D eigenvalue weighted by atomic mass is 10.0. The number of carbonyl (C=O) groups excluding carboxylic acids is 2. The van der Waals surface area contributed by atoms with Gasteiger partial charge in [0, 0.05) is 57.7 Å². The van der Waals surface area contributed by atoms with Gasteiger partial charge in [-0.1, -0.05) is 36.4 Å². The second-order valence-electron chi connectivity index (χ2n) is 8.02. The molecule has 0 saturated carbocycles. The van der Waals surface area contributed by atoms with Gasteiger partial charge in [0.15, 0.2) is 0 Å². The van der Waals surface area contributed by atoms with Gasteiger partial charge in [-0.05, 0) is 42.3 Å². The van der Waals surface area contributed by atoms with Crippen molar-refractivity contribution in [2.45, 2.75) is 13.3 Å². The molecule has 3 aromatic rings. The van der Waals surface area contributed by atoms with E-state index in [2.05, 4.69) is 15.2 Å². The fourth-order valence-corrected chi connectivity index (χ4v) is 4.05. The normalized spacial score (nSPS) is 13.8. The Hall–Kier alpha value is -3.45. The minimum Gasteiger partial charge on any atom is -0.382 e. The zero-order chi connectivity index (χ0) is 23.0. The third-order valence-corrected chi connectivity index (χ3v) is 5.88. The number of aromatic nitrogens is 1. The molecule has 7 heteroatoms. The maximum absolute atomic E-state index is 13.2. The maximum atomic E-state index is 13.2. The van der Waals surface area contributed by atoms with Crippen molar-refractivity contribution in [3.63, 3.8) is 0 Å². The number of hydrogen-bond acceptors (Lipinski definition) is 5. The van der Waals surface area contributed by atoms with Crippen molar-refractivity contribution < 1.29 is 14.3 Å². The third kappa shape index (κ3) is 5.49. The van der Waals surface area contributed by atoms with E-state index in [1.165, 1.54) is 0 Å². The number of hydrogen-bond donors (Lipinski definition) is 1. The van der Waals surface area contributed by atoms with Crippen LogP contribution in [0.1, 0.15) is 34.1 Å². The minimum absolute atomic E-state index is 0.0655. The predicted molar refractivity (Wildman–Crippen MR) is 130 cm³/mol. The van der Waals surface area contributed by atoms with Crippen molar-refractivity contribution >= 4 is 28.4 Å². The molecular weight excluding hydrogens is 416 g/mol. The highest BCUT2D eigenvalue weighted by Gasteiger charge is 2.24. The van der Waals surface area contributed by atoms with Crippen LogP contribution in [0.3, 0.4) is 0 Å². The first-order valence-corrected chi connectivity index (χ1v) is 11.5. The van der Waals surface area contributed by atoms with Crippen LogP contribution in [-0.2, 0) is 4.74 Å². The van der Waals surface area contributed by atoms with Crippen LogP contribution in [0.5, 0.6) is 0 Å². The Morgan fingerprint density at radius 3 is 2.55 bits per heavy atom. The molecule has 0 aliphatic carbocycles. The van der Waals surface area contributed by atoms with Crippen LogP contribution in [0, 0.1) is 0 Å².